The number of thiazole rings is 1. The molecule has 3 N–H and O–H groups in total. The standard InChI is InChI=1S/C20H28N4O3S2/c1-3-8-17-24-18-19(28-17)15-10-9-14(13-16(15)23-20(18)21)27-12-7-5-4-6-11-22-29(2,25)26/h9-10,13,22H,3-8,11-12H2,1-2H3,(H2,21,23). The molecule has 1 aromatic carbocycles. The SMILES string of the molecule is CCCc1nc2c(N)nc3cc(OCCCCCCNS(C)(=O)=O)ccc3c2s1. The molecule has 0 saturated heterocycles. The van der Waals surface area contributed by atoms with Gasteiger partial charge in [0.25, 0.3) is 0 Å². The Morgan fingerprint density at radius 1 is 1.17 bits per heavy atom. The van der Waals surface area contributed by atoms with E-state index in [1.54, 1.807) is 11.3 Å². The molecular formula is C20H28N4O3S2. The van der Waals surface area contributed by atoms with Crippen LogP contribution in [0.4, 0.5) is 5.82 Å². The van der Waals surface area contributed by atoms with Crippen molar-refractivity contribution in [2.24, 2.45) is 0 Å². The minimum Gasteiger partial charge on any atom is -0.494 e. The zero-order chi connectivity index (χ0) is 20.9. The van der Waals surface area contributed by atoms with E-state index in [4.69, 9.17) is 10.5 Å². The number of nitrogen functional groups attached to an aromatic ring is 1. The summed E-state index contributed by atoms with van der Waals surface area (Å²) < 4.78 is 31.4. The molecule has 2 aromatic heterocycles. The highest BCUT2D eigenvalue weighted by Gasteiger charge is 2.12. The molecule has 3 aromatic rings. The number of hydrogen-bond donors (Lipinski definition) is 2. The first-order valence-electron chi connectivity index (χ1n) is 9.93. The number of ether oxygens (including phenoxy) is 1. The number of unbranched alkanes of at least 4 members (excludes halogenated alkanes) is 3. The first-order chi connectivity index (χ1) is 13.9. The lowest BCUT2D eigenvalue weighted by molar-refractivity contribution is 0.305. The summed E-state index contributed by atoms with van der Waals surface area (Å²) in [5.41, 5.74) is 7.76. The zero-order valence-corrected chi connectivity index (χ0v) is 18.5. The Balaban J connectivity index is 1.55. The summed E-state index contributed by atoms with van der Waals surface area (Å²) in [6.45, 7) is 3.25. The lowest BCUT2D eigenvalue weighted by Crippen LogP contribution is -2.22. The Kier molecular flexibility index (Phi) is 7.26. The van der Waals surface area contributed by atoms with Gasteiger partial charge in [0.15, 0.2) is 5.82 Å². The molecule has 0 aliphatic rings. The number of nitrogens with zero attached hydrogens (tertiary/aromatic N) is 2. The van der Waals surface area contributed by atoms with E-state index in [0.717, 1.165) is 70.4 Å². The molecule has 9 heteroatoms. The van der Waals surface area contributed by atoms with E-state index in [0.29, 0.717) is 19.0 Å². The molecule has 29 heavy (non-hydrogen) atoms. The monoisotopic (exact) mass is 436 g/mol. The molecular weight excluding hydrogens is 408 g/mol. The third-order valence-electron chi connectivity index (χ3n) is 4.54. The van der Waals surface area contributed by atoms with Gasteiger partial charge in [-0.25, -0.2) is 23.1 Å². The van der Waals surface area contributed by atoms with Gasteiger partial charge in [-0.15, -0.1) is 11.3 Å². The molecule has 0 spiro atoms. The van der Waals surface area contributed by atoms with E-state index in [1.807, 2.05) is 18.2 Å². The number of benzene rings is 1. The molecule has 0 atom stereocenters. The molecule has 0 radical (unpaired) electrons. The van der Waals surface area contributed by atoms with Crippen molar-refractivity contribution in [1.82, 2.24) is 14.7 Å². The highest BCUT2D eigenvalue weighted by molar-refractivity contribution is 7.88. The van der Waals surface area contributed by atoms with Crippen LogP contribution in [0.3, 0.4) is 0 Å². The Labute approximate surface area is 175 Å². The molecule has 2 heterocycles. The number of aromatic nitrogens is 2. The molecule has 0 amide bonds. The fourth-order valence-electron chi connectivity index (χ4n) is 3.14. The summed E-state index contributed by atoms with van der Waals surface area (Å²) in [6.07, 6.45) is 6.88. The summed E-state index contributed by atoms with van der Waals surface area (Å²) in [7, 11) is -3.09. The van der Waals surface area contributed by atoms with E-state index in [-0.39, 0.29) is 0 Å². The second kappa shape index (κ2) is 9.69. The van der Waals surface area contributed by atoms with Gasteiger partial charge in [-0.3, -0.25) is 0 Å². The molecule has 158 valence electrons. The van der Waals surface area contributed by atoms with E-state index < -0.39 is 10.0 Å². The Morgan fingerprint density at radius 3 is 2.72 bits per heavy atom. The topological polar surface area (TPSA) is 107 Å². The normalized spacial score (nSPS) is 12.1. The van der Waals surface area contributed by atoms with E-state index in [2.05, 4.69) is 21.6 Å². The lowest BCUT2D eigenvalue weighted by atomic mass is 10.2. The van der Waals surface area contributed by atoms with Crippen LogP contribution in [-0.2, 0) is 16.4 Å². The number of nitrogens with two attached hydrogens (primary N) is 1. The first kappa shape index (κ1) is 21.7. The second-order valence-electron chi connectivity index (χ2n) is 7.14. The van der Waals surface area contributed by atoms with Gasteiger partial charge >= 0.3 is 0 Å². The van der Waals surface area contributed by atoms with Crippen molar-refractivity contribution in [3.63, 3.8) is 0 Å². The van der Waals surface area contributed by atoms with Gasteiger partial charge in [0.1, 0.15) is 11.3 Å². The van der Waals surface area contributed by atoms with E-state index in [1.165, 1.54) is 6.26 Å². The van der Waals surface area contributed by atoms with Crippen LogP contribution in [0.2, 0.25) is 0 Å². The van der Waals surface area contributed by atoms with Crippen molar-refractivity contribution in [3.05, 3.63) is 23.2 Å². The van der Waals surface area contributed by atoms with Crippen molar-refractivity contribution >= 4 is 48.3 Å². The van der Waals surface area contributed by atoms with Crippen molar-refractivity contribution in [1.29, 1.82) is 0 Å². The van der Waals surface area contributed by atoms with Crippen molar-refractivity contribution < 1.29 is 13.2 Å². The van der Waals surface area contributed by atoms with Crippen molar-refractivity contribution in [2.45, 2.75) is 45.4 Å². The van der Waals surface area contributed by atoms with Crippen LogP contribution in [0, 0.1) is 0 Å². The van der Waals surface area contributed by atoms with Crippen LogP contribution < -0.4 is 15.2 Å². The second-order valence-corrected chi connectivity index (χ2v) is 10.1. The molecule has 0 saturated carbocycles. The van der Waals surface area contributed by atoms with Gasteiger partial charge in [-0.1, -0.05) is 19.8 Å². The number of nitrogens with one attached hydrogen (secondary N) is 1. The summed E-state index contributed by atoms with van der Waals surface area (Å²) in [5, 5.41) is 2.15. The van der Waals surface area contributed by atoms with Gasteiger partial charge in [-0.2, -0.15) is 0 Å². The molecule has 0 aliphatic carbocycles. The highest BCUT2D eigenvalue weighted by Crippen LogP contribution is 2.34. The van der Waals surface area contributed by atoms with Crippen LogP contribution in [0.25, 0.3) is 21.1 Å². The Bertz CT molecular complexity index is 1080. The van der Waals surface area contributed by atoms with Gasteiger partial charge in [0.05, 0.1) is 28.1 Å². The van der Waals surface area contributed by atoms with Crippen LogP contribution in [0.5, 0.6) is 5.75 Å². The van der Waals surface area contributed by atoms with Gasteiger partial charge in [0.2, 0.25) is 10.0 Å². The molecule has 0 aliphatic heterocycles. The smallest absolute Gasteiger partial charge is 0.208 e. The predicted octanol–water partition coefficient (Wildman–Crippen LogP) is 3.87. The fourth-order valence-corrected chi connectivity index (χ4v) is 4.86. The van der Waals surface area contributed by atoms with E-state index >= 15 is 0 Å². The number of hydrogen-bond acceptors (Lipinski definition) is 7. The predicted molar refractivity (Wildman–Crippen MR) is 120 cm³/mol. The third-order valence-corrected chi connectivity index (χ3v) is 6.41. The third kappa shape index (κ3) is 6.01. The van der Waals surface area contributed by atoms with Gasteiger partial charge in [0, 0.05) is 18.0 Å². The molecule has 7 nitrogen and oxygen atoms in total. The first-order valence-corrected chi connectivity index (χ1v) is 12.6. The summed E-state index contributed by atoms with van der Waals surface area (Å²) in [4.78, 5) is 9.16. The zero-order valence-electron chi connectivity index (χ0n) is 16.9. The number of aryl methyl sites for hydroxylation is 1. The minimum atomic E-state index is -3.09. The van der Waals surface area contributed by atoms with Crippen molar-refractivity contribution in [2.75, 3.05) is 25.1 Å². The number of rotatable bonds is 11. The molecule has 0 fully saturated rings. The average Bonchev–Trinajstić information content (AvgIpc) is 3.08. The average molecular weight is 437 g/mol. The van der Waals surface area contributed by atoms with Crippen LogP contribution >= 0.6 is 11.3 Å². The summed E-state index contributed by atoms with van der Waals surface area (Å²) >= 11 is 1.69. The lowest BCUT2D eigenvalue weighted by Gasteiger charge is -2.08. The Hall–Kier alpha value is -1.97. The number of fused-ring (bicyclic) bond motifs is 3. The molecule has 0 bridgehead atoms. The number of pyridine rings is 1. The van der Waals surface area contributed by atoms with E-state index in [9.17, 15) is 8.42 Å². The number of sulfonamides is 1. The van der Waals surface area contributed by atoms with Crippen molar-refractivity contribution in [3.8, 4) is 5.75 Å². The van der Waals surface area contributed by atoms with Gasteiger partial charge in [-0.05, 0) is 37.8 Å². The minimum absolute atomic E-state index is 0.464. The molecule has 3 rings (SSSR count). The summed E-state index contributed by atoms with van der Waals surface area (Å²) in [6, 6.07) is 5.93. The van der Waals surface area contributed by atoms with Crippen LogP contribution in [-0.4, -0.2) is 37.8 Å². The molecule has 0 unspecified atom stereocenters. The Morgan fingerprint density at radius 2 is 1.97 bits per heavy atom. The van der Waals surface area contributed by atoms with Crippen LogP contribution in [0.15, 0.2) is 18.2 Å². The summed E-state index contributed by atoms with van der Waals surface area (Å²) in [5.74, 6) is 1.24. The maximum atomic E-state index is 11.0. The maximum Gasteiger partial charge on any atom is 0.208 e. The highest BCUT2D eigenvalue weighted by atomic mass is 32.2. The maximum absolute atomic E-state index is 11.0. The quantitative estimate of drug-likeness (QED) is 0.442. The number of anilines is 1. The van der Waals surface area contributed by atoms with Gasteiger partial charge < -0.3 is 10.5 Å². The fraction of sp³-hybridized carbons (Fsp3) is 0.500. The van der Waals surface area contributed by atoms with Crippen LogP contribution in [0.1, 0.15) is 44.0 Å². The largest absolute Gasteiger partial charge is 0.494 e.